The van der Waals surface area contributed by atoms with Crippen molar-refractivity contribution in [1.82, 2.24) is 0 Å². The minimum Gasteiger partial charge on any atom is -0.497 e. The molecule has 0 saturated carbocycles. The van der Waals surface area contributed by atoms with E-state index in [9.17, 15) is 14.4 Å². The van der Waals surface area contributed by atoms with Crippen molar-refractivity contribution in [3.8, 4) is 5.75 Å². The summed E-state index contributed by atoms with van der Waals surface area (Å²) in [5.74, 6) is -0.494. The third-order valence-electron chi connectivity index (χ3n) is 3.67. The number of Topliss-reactive ketones (excluding diaryl/α,β-unsaturated/α-hetero) is 1. The molecule has 1 amide bonds. The van der Waals surface area contributed by atoms with Crippen LogP contribution in [0.2, 0.25) is 0 Å². The molecule has 0 fully saturated rings. The summed E-state index contributed by atoms with van der Waals surface area (Å²) < 4.78 is 10.2. The Labute approximate surface area is 152 Å². The molecule has 0 bridgehead atoms. The molecule has 2 rings (SSSR count). The zero-order valence-electron chi connectivity index (χ0n) is 14.7. The van der Waals surface area contributed by atoms with E-state index in [2.05, 4.69) is 5.32 Å². The lowest BCUT2D eigenvalue weighted by Crippen LogP contribution is -2.25. The summed E-state index contributed by atoms with van der Waals surface area (Å²) in [6.07, 6.45) is -1.03. The zero-order chi connectivity index (χ0) is 18.9. The van der Waals surface area contributed by atoms with Crippen LogP contribution >= 0.6 is 0 Å². The van der Waals surface area contributed by atoms with Gasteiger partial charge in [-0.3, -0.25) is 14.4 Å². The number of anilines is 1. The van der Waals surface area contributed by atoms with Crippen LogP contribution in [-0.2, 0) is 14.3 Å². The molecule has 1 atom stereocenters. The Kier molecular flexibility index (Phi) is 6.91. The molecular weight excluding hydrogens is 334 g/mol. The molecule has 0 heterocycles. The first-order valence-electron chi connectivity index (χ1n) is 8.22. The average Bonchev–Trinajstić information content (AvgIpc) is 2.67. The van der Waals surface area contributed by atoms with Gasteiger partial charge in [-0.2, -0.15) is 0 Å². The van der Waals surface area contributed by atoms with Gasteiger partial charge in [-0.1, -0.05) is 30.3 Å². The largest absolute Gasteiger partial charge is 0.497 e. The number of esters is 1. The summed E-state index contributed by atoms with van der Waals surface area (Å²) in [6.45, 7) is 1.52. The number of methoxy groups -OCH3 is 1. The number of ketones is 1. The van der Waals surface area contributed by atoms with Crippen molar-refractivity contribution in [3.63, 3.8) is 0 Å². The van der Waals surface area contributed by atoms with Gasteiger partial charge in [-0.25, -0.2) is 0 Å². The lowest BCUT2D eigenvalue weighted by atomic mass is 10.1. The van der Waals surface area contributed by atoms with Gasteiger partial charge in [0.25, 0.3) is 0 Å². The Morgan fingerprint density at radius 1 is 0.962 bits per heavy atom. The summed E-state index contributed by atoms with van der Waals surface area (Å²) >= 11 is 0. The van der Waals surface area contributed by atoms with Gasteiger partial charge in [-0.15, -0.1) is 0 Å². The third kappa shape index (κ3) is 5.73. The van der Waals surface area contributed by atoms with E-state index in [4.69, 9.17) is 9.47 Å². The van der Waals surface area contributed by atoms with Crippen LogP contribution in [0.4, 0.5) is 5.69 Å². The molecule has 2 aromatic carbocycles. The molecule has 0 spiro atoms. The van der Waals surface area contributed by atoms with E-state index in [-0.39, 0.29) is 24.5 Å². The van der Waals surface area contributed by atoms with E-state index in [1.807, 2.05) is 0 Å². The molecule has 0 aliphatic heterocycles. The van der Waals surface area contributed by atoms with Crippen molar-refractivity contribution in [2.45, 2.75) is 25.9 Å². The molecule has 0 aliphatic rings. The molecule has 0 aliphatic carbocycles. The van der Waals surface area contributed by atoms with Gasteiger partial charge in [0.05, 0.1) is 13.5 Å². The minimum atomic E-state index is -0.894. The van der Waals surface area contributed by atoms with E-state index in [1.165, 1.54) is 6.92 Å². The maximum atomic E-state index is 12.1. The molecule has 6 heteroatoms. The van der Waals surface area contributed by atoms with Crippen molar-refractivity contribution in [1.29, 1.82) is 0 Å². The fraction of sp³-hybridized carbons (Fsp3) is 0.250. The average molecular weight is 355 g/mol. The molecule has 1 N–H and O–H groups in total. The molecular formula is C20H21NO5. The molecule has 136 valence electrons. The predicted octanol–water partition coefficient (Wildman–Crippen LogP) is 3.23. The normalized spacial score (nSPS) is 11.3. The highest BCUT2D eigenvalue weighted by molar-refractivity contribution is 6.00. The topological polar surface area (TPSA) is 81.7 Å². The van der Waals surface area contributed by atoms with Crippen molar-refractivity contribution in [2.75, 3.05) is 12.4 Å². The van der Waals surface area contributed by atoms with E-state index < -0.39 is 12.1 Å². The van der Waals surface area contributed by atoms with Gasteiger partial charge in [0.1, 0.15) is 5.75 Å². The second kappa shape index (κ2) is 9.36. The standard InChI is InChI=1S/C20H21NO5/c1-14(20(24)15-6-4-3-5-7-15)26-19(23)13-12-18(22)21-16-8-10-17(25-2)11-9-16/h3-11,14H,12-13H2,1-2H3,(H,21,22)/t14-/m1/s1. The SMILES string of the molecule is COc1ccc(NC(=O)CCC(=O)O[C@H](C)C(=O)c2ccccc2)cc1. The lowest BCUT2D eigenvalue weighted by Gasteiger charge is -2.12. The Hall–Kier alpha value is -3.15. The highest BCUT2D eigenvalue weighted by atomic mass is 16.5. The predicted molar refractivity (Wildman–Crippen MR) is 97.2 cm³/mol. The van der Waals surface area contributed by atoms with Crippen LogP contribution in [0.1, 0.15) is 30.1 Å². The summed E-state index contributed by atoms with van der Waals surface area (Å²) in [4.78, 5) is 35.9. The number of nitrogens with one attached hydrogen (secondary N) is 1. The zero-order valence-corrected chi connectivity index (χ0v) is 14.7. The van der Waals surface area contributed by atoms with Crippen molar-refractivity contribution in [2.24, 2.45) is 0 Å². The smallest absolute Gasteiger partial charge is 0.307 e. The number of amides is 1. The van der Waals surface area contributed by atoms with Crippen LogP contribution in [-0.4, -0.2) is 30.9 Å². The number of benzene rings is 2. The van der Waals surface area contributed by atoms with Gasteiger partial charge in [0, 0.05) is 17.7 Å². The van der Waals surface area contributed by atoms with Crippen molar-refractivity contribution in [3.05, 3.63) is 60.2 Å². The highest BCUT2D eigenvalue weighted by Gasteiger charge is 2.19. The lowest BCUT2D eigenvalue weighted by molar-refractivity contribution is -0.147. The Bertz CT molecular complexity index is 756. The number of carbonyl (C=O) groups excluding carboxylic acids is 3. The molecule has 0 radical (unpaired) electrons. The summed E-state index contributed by atoms with van der Waals surface area (Å²) in [6, 6.07) is 15.5. The van der Waals surface area contributed by atoms with Gasteiger partial charge >= 0.3 is 5.97 Å². The number of hydrogen-bond donors (Lipinski definition) is 1. The van der Waals surface area contributed by atoms with Gasteiger partial charge in [0.2, 0.25) is 11.7 Å². The second-order valence-corrected chi connectivity index (χ2v) is 5.64. The third-order valence-corrected chi connectivity index (χ3v) is 3.67. The highest BCUT2D eigenvalue weighted by Crippen LogP contribution is 2.15. The molecule has 0 saturated heterocycles. The second-order valence-electron chi connectivity index (χ2n) is 5.64. The molecule has 0 aromatic heterocycles. The minimum absolute atomic E-state index is 0.0306. The summed E-state index contributed by atoms with van der Waals surface area (Å²) in [5.41, 5.74) is 1.09. The van der Waals surface area contributed by atoms with Gasteiger partial charge in [-0.05, 0) is 31.2 Å². The maximum absolute atomic E-state index is 12.1. The van der Waals surface area contributed by atoms with Crippen molar-refractivity contribution >= 4 is 23.3 Å². The van der Waals surface area contributed by atoms with Gasteiger partial charge in [0.15, 0.2) is 6.10 Å². The number of carbonyl (C=O) groups is 3. The fourth-order valence-electron chi connectivity index (χ4n) is 2.26. The molecule has 6 nitrogen and oxygen atoms in total. The Morgan fingerprint density at radius 3 is 2.23 bits per heavy atom. The molecule has 26 heavy (non-hydrogen) atoms. The number of rotatable bonds is 8. The first-order chi connectivity index (χ1) is 12.5. The summed E-state index contributed by atoms with van der Waals surface area (Å²) in [7, 11) is 1.56. The van der Waals surface area contributed by atoms with Crippen molar-refractivity contribution < 1.29 is 23.9 Å². The first-order valence-corrected chi connectivity index (χ1v) is 8.22. The van der Waals surface area contributed by atoms with Gasteiger partial charge < -0.3 is 14.8 Å². The Morgan fingerprint density at radius 2 is 1.62 bits per heavy atom. The van der Waals surface area contributed by atoms with Crippen LogP contribution in [0.5, 0.6) is 5.75 Å². The first kappa shape index (κ1) is 19.2. The molecule has 0 unspecified atom stereocenters. The van der Waals surface area contributed by atoms with Crippen LogP contribution in [0.25, 0.3) is 0 Å². The van der Waals surface area contributed by atoms with E-state index >= 15 is 0 Å². The van der Waals surface area contributed by atoms with E-state index in [1.54, 1.807) is 61.7 Å². The fourth-order valence-corrected chi connectivity index (χ4v) is 2.26. The Balaban J connectivity index is 1.76. The quantitative estimate of drug-likeness (QED) is 0.581. The summed E-state index contributed by atoms with van der Waals surface area (Å²) in [5, 5.41) is 2.68. The van der Waals surface area contributed by atoms with E-state index in [0.717, 1.165) is 0 Å². The maximum Gasteiger partial charge on any atom is 0.307 e. The number of ether oxygens (including phenoxy) is 2. The van der Waals surface area contributed by atoms with E-state index in [0.29, 0.717) is 17.0 Å². The van der Waals surface area contributed by atoms with Crippen LogP contribution in [0.3, 0.4) is 0 Å². The monoisotopic (exact) mass is 355 g/mol. The van der Waals surface area contributed by atoms with Crippen LogP contribution < -0.4 is 10.1 Å². The number of hydrogen-bond acceptors (Lipinski definition) is 5. The van der Waals surface area contributed by atoms with Crippen LogP contribution in [0.15, 0.2) is 54.6 Å². The molecule has 2 aromatic rings. The van der Waals surface area contributed by atoms with Crippen LogP contribution in [0, 0.1) is 0 Å².